The van der Waals surface area contributed by atoms with E-state index in [0.29, 0.717) is 18.9 Å². The fraction of sp³-hybridized carbons (Fsp3) is 0.407. The average Bonchev–Trinajstić information content (AvgIpc) is 3.31. The molecule has 2 heterocycles. The van der Waals surface area contributed by atoms with Crippen molar-refractivity contribution in [3.63, 3.8) is 0 Å². The van der Waals surface area contributed by atoms with Crippen LogP contribution in [0.2, 0.25) is 0 Å². The molecular weight excluding hydrogens is 465 g/mol. The van der Waals surface area contributed by atoms with Crippen LogP contribution in [0.25, 0.3) is 11.3 Å². The second kappa shape index (κ2) is 12.9. The molecule has 4 rings (SSSR count). The molecule has 0 bridgehead atoms. The molecular formula is C27H36FN3O3S. The highest BCUT2D eigenvalue weighted by atomic mass is 32.2. The maximum absolute atomic E-state index is 14.6. The van der Waals surface area contributed by atoms with E-state index in [-0.39, 0.29) is 16.2 Å². The Morgan fingerprint density at radius 2 is 1.74 bits per heavy atom. The predicted octanol–water partition coefficient (Wildman–Crippen LogP) is 5.14. The van der Waals surface area contributed by atoms with E-state index in [9.17, 15) is 12.8 Å². The van der Waals surface area contributed by atoms with Crippen LogP contribution in [-0.4, -0.2) is 50.6 Å². The van der Waals surface area contributed by atoms with Crippen LogP contribution in [-0.2, 0) is 16.6 Å². The van der Waals surface area contributed by atoms with Gasteiger partial charge in [-0.05, 0) is 68.9 Å². The number of hydrogen-bond acceptors (Lipinski definition) is 5. The lowest BCUT2D eigenvalue weighted by Crippen LogP contribution is -2.33. The van der Waals surface area contributed by atoms with Gasteiger partial charge in [0.2, 0.25) is 0 Å². The van der Waals surface area contributed by atoms with Crippen molar-refractivity contribution in [2.75, 3.05) is 33.3 Å². The van der Waals surface area contributed by atoms with Crippen molar-refractivity contribution < 1.29 is 17.5 Å². The van der Waals surface area contributed by atoms with Crippen molar-refractivity contribution in [2.24, 2.45) is 0 Å². The van der Waals surface area contributed by atoms with Crippen LogP contribution in [0.1, 0.15) is 38.7 Å². The molecule has 0 unspecified atom stereocenters. The average molecular weight is 502 g/mol. The molecule has 1 saturated heterocycles. The van der Waals surface area contributed by atoms with Crippen molar-refractivity contribution in [3.8, 4) is 17.0 Å². The fourth-order valence-corrected chi connectivity index (χ4v) is 5.60. The highest BCUT2D eigenvalue weighted by Crippen LogP contribution is 2.30. The molecule has 1 aromatic heterocycles. The first-order valence-corrected chi connectivity index (χ1v) is 13.7. The molecule has 1 fully saturated rings. The summed E-state index contributed by atoms with van der Waals surface area (Å²) in [5, 5.41) is 3.02. The van der Waals surface area contributed by atoms with Gasteiger partial charge in [0.15, 0.2) is 0 Å². The zero-order valence-electron chi connectivity index (χ0n) is 20.8. The van der Waals surface area contributed by atoms with Crippen LogP contribution in [0.5, 0.6) is 5.75 Å². The van der Waals surface area contributed by atoms with Crippen LogP contribution in [0.4, 0.5) is 4.39 Å². The van der Waals surface area contributed by atoms with E-state index in [0.717, 1.165) is 29.2 Å². The summed E-state index contributed by atoms with van der Waals surface area (Å²) in [4.78, 5) is 2.47. The third-order valence-corrected chi connectivity index (χ3v) is 7.53. The van der Waals surface area contributed by atoms with Gasteiger partial charge in [-0.25, -0.2) is 16.8 Å². The van der Waals surface area contributed by atoms with Crippen LogP contribution >= 0.6 is 0 Å². The molecule has 0 spiro atoms. The lowest BCUT2D eigenvalue weighted by Gasteiger charge is -2.26. The highest BCUT2D eigenvalue weighted by molar-refractivity contribution is 7.90. The number of likely N-dealkylation sites (tertiary alicyclic amines) is 1. The minimum atomic E-state index is -3.97. The van der Waals surface area contributed by atoms with Gasteiger partial charge < -0.3 is 10.1 Å². The Morgan fingerprint density at radius 3 is 2.46 bits per heavy atom. The minimum Gasteiger partial charge on any atom is -0.492 e. The van der Waals surface area contributed by atoms with E-state index < -0.39 is 15.8 Å². The molecule has 2 aromatic carbocycles. The number of piperidine rings is 1. The van der Waals surface area contributed by atoms with Crippen molar-refractivity contribution >= 4 is 10.0 Å². The zero-order chi connectivity index (χ0) is 25.3. The Kier molecular flexibility index (Phi) is 9.89. The van der Waals surface area contributed by atoms with Gasteiger partial charge in [0, 0.05) is 30.9 Å². The lowest BCUT2D eigenvalue weighted by atomic mass is 10.1. The van der Waals surface area contributed by atoms with Gasteiger partial charge in [-0.2, -0.15) is 0 Å². The molecule has 0 radical (unpaired) electrons. The van der Waals surface area contributed by atoms with E-state index in [1.807, 2.05) is 13.8 Å². The van der Waals surface area contributed by atoms with E-state index in [2.05, 4.69) is 10.2 Å². The predicted molar refractivity (Wildman–Crippen MR) is 139 cm³/mol. The highest BCUT2D eigenvalue weighted by Gasteiger charge is 2.23. The molecule has 8 heteroatoms. The Bertz CT molecular complexity index is 1190. The van der Waals surface area contributed by atoms with Gasteiger partial charge >= 0.3 is 0 Å². The lowest BCUT2D eigenvalue weighted by molar-refractivity contribution is 0.183. The molecule has 190 valence electrons. The normalized spacial score (nSPS) is 14.3. The van der Waals surface area contributed by atoms with E-state index >= 15 is 0 Å². The smallest absolute Gasteiger partial charge is 0.268 e. The summed E-state index contributed by atoms with van der Waals surface area (Å²) in [5.41, 5.74) is 1.26. The Morgan fingerprint density at radius 1 is 1.00 bits per heavy atom. The molecule has 0 saturated carbocycles. The molecule has 0 amide bonds. The molecule has 1 aliphatic heterocycles. The van der Waals surface area contributed by atoms with Gasteiger partial charge in [-0.1, -0.05) is 38.5 Å². The van der Waals surface area contributed by atoms with E-state index in [1.165, 1.54) is 43.7 Å². The number of rotatable bonds is 9. The molecule has 1 N–H and O–H groups in total. The van der Waals surface area contributed by atoms with E-state index in [4.69, 9.17) is 4.74 Å². The monoisotopic (exact) mass is 501 g/mol. The molecule has 0 aliphatic carbocycles. The van der Waals surface area contributed by atoms with Gasteiger partial charge in [0.1, 0.15) is 18.2 Å². The first kappa shape index (κ1) is 26.9. The van der Waals surface area contributed by atoms with Crippen LogP contribution in [0, 0.1) is 5.82 Å². The number of halogens is 1. The summed E-state index contributed by atoms with van der Waals surface area (Å²) < 4.78 is 48.8. The van der Waals surface area contributed by atoms with Crippen LogP contribution < -0.4 is 10.1 Å². The molecule has 1 aliphatic rings. The third kappa shape index (κ3) is 6.72. The number of aromatic nitrogens is 1. The van der Waals surface area contributed by atoms with Gasteiger partial charge in [0.25, 0.3) is 10.0 Å². The number of benzene rings is 2. The summed E-state index contributed by atoms with van der Waals surface area (Å²) in [6, 6.07) is 14.4. The Balaban J connectivity index is 0.00000167. The number of nitrogens with zero attached hydrogens (tertiary/aromatic N) is 2. The quantitative estimate of drug-likeness (QED) is 0.440. The summed E-state index contributed by atoms with van der Waals surface area (Å²) in [5.74, 6) is 0.0287. The van der Waals surface area contributed by atoms with Gasteiger partial charge in [-0.3, -0.25) is 4.90 Å². The van der Waals surface area contributed by atoms with Crippen LogP contribution in [0.15, 0.2) is 65.7 Å². The second-order valence-corrected chi connectivity index (χ2v) is 10.1. The second-order valence-electron chi connectivity index (χ2n) is 8.27. The Hall–Kier alpha value is -2.68. The first-order valence-electron chi connectivity index (χ1n) is 12.3. The molecule has 0 atom stereocenters. The number of ether oxygens (including phenoxy) is 1. The zero-order valence-corrected chi connectivity index (χ0v) is 21.7. The van der Waals surface area contributed by atoms with Crippen LogP contribution in [0.3, 0.4) is 0 Å². The van der Waals surface area contributed by atoms with Crippen molar-refractivity contribution in [3.05, 3.63) is 72.2 Å². The SMILES string of the molecule is CC.CNCc1cc(-c2ccccc2F)n(S(=O)(=O)c2cccc(OCCN3CCCCC3)c2)c1. The molecule has 35 heavy (non-hydrogen) atoms. The third-order valence-electron chi connectivity index (χ3n) is 5.86. The summed E-state index contributed by atoms with van der Waals surface area (Å²) in [6.07, 6.45) is 5.24. The summed E-state index contributed by atoms with van der Waals surface area (Å²) >= 11 is 0. The van der Waals surface area contributed by atoms with Crippen molar-refractivity contribution in [1.82, 2.24) is 14.2 Å². The van der Waals surface area contributed by atoms with Gasteiger partial charge in [0.05, 0.1) is 10.6 Å². The van der Waals surface area contributed by atoms with Crippen molar-refractivity contribution in [1.29, 1.82) is 0 Å². The summed E-state index contributed by atoms with van der Waals surface area (Å²) in [7, 11) is -2.19. The van der Waals surface area contributed by atoms with Gasteiger partial charge in [-0.15, -0.1) is 0 Å². The number of nitrogens with one attached hydrogen (secondary N) is 1. The molecule has 3 aromatic rings. The standard InChI is InChI=1S/C25H30FN3O3S.C2H6/c1-27-18-20-16-25(23-10-3-4-11-24(23)26)29(19-20)33(30,31)22-9-7-8-21(17-22)32-15-14-28-12-5-2-6-13-28;1-2/h3-4,7-11,16-17,19,27H,2,5-6,12-15,18H2,1H3;1-2H3. The largest absolute Gasteiger partial charge is 0.492 e. The maximum atomic E-state index is 14.6. The summed E-state index contributed by atoms with van der Waals surface area (Å²) in [6.45, 7) is 7.95. The Labute approximate surface area is 208 Å². The maximum Gasteiger partial charge on any atom is 0.268 e. The topological polar surface area (TPSA) is 63.6 Å². The fourth-order valence-electron chi connectivity index (χ4n) is 4.18. The van der Waals surface area contributed by atoms with E-state index in [1.54, 1.807) is 43.4 Å². The minimum absolute atomic E-state index is 0.0992. The van der Waals surface area contributed by atoms with Crippen molar-refractivity contribution in [2.45, 2.75) is 44.6 Å². The molecule has 6 nitrogen and oxygen atoms in total. The first-order chi connectivity index (χ1) is 17.0. The number of hydrogen-bond donors (Lipinski definition) is 1.